The van der Waals surface area contributed by atoms with Crippen molar-refractivity contribution in [3.8, 4) is 0 Å². The molecule has 0 atom stereocenters. The molecule has 0 spiro atoms. The van der Waals surface area contributed by atoms with Crippen LogP contribution in [0, 0.1) is 0 Å². The van der Waals surface area contributed by atoms with Crippen molar-refractivity contribution in [2.45, 2.75) is 78.6 Å². The standard InChI is InChI=1S/C12H40O4Si7/c1-17(2)13-23(14-18(3)4,15-21(9,10)19(5)6)16-22(11,12)20(7)8/h17-20H,1-12H3. The second-order valence-corrected chi connectivity index (χ2v) is 43.6. The molecule has 11 heteroatoms. The first kappa shape index (κ1) is 24.4. The Morgan fingerprint density at radius 2 is 0.783 bits per heavy atom. The van der Waals surface area contributed by atoms with Crippen LogP contribution < -0.4 is 0 Å². The van der Waals surface area contributed by atoms with Gasteiger partial charge in [-0.15, -0.1) is 0 Å². The van der Waals surface area contributed by atoms with E-state index in [1.165, 1.54) is 0 Å². The third-order valence-electron chi connectivity index (χ3n) is 4.32. The van der Waals surface area contributed by atoms with Crippen LogP contribution in [0.3, 0.4) is 0 Å². The third kappa shape index (κ3) is 8.52. The fourth-order valence-corrected chi connectivity index (χ4v) is 23.9. The van der Waals surface area contributed by atoms with Gasteiger partial charge >= 0.3 is 9.05 Å². The number of hydrogen-bond acceptors (Lipinski definition) is 4. The molecule has 0 aromatic carbocycles. The van der Waals surface area contributed by atoms with Gasteiger partial charge in [-0.05, 0) is 52.4 Å². The Morgan fingerprint density at radius 3 is 0.957 bits per heavy atom. The molecule has 4 nitrogen and oxygen atoms in total. The van der Waals surface area contributed by atoms with Crippen molar-refractivity contribution < 1.29 is 16.5 Å². The number of hydrogen-bond donors (Lipinski definition) is 0. The van der Waals surface area contributed by atoms with Crippen molar-refractivity contribution in [1.82, 2.24) is 0 Å². The molecule has 0 aromatic rings. The maximum absolute atomic E-state index is 6.79. The molecule has 0 unspecified atom stereocenters. The van der Waals surface area contributed by atoms with Gasteiger partial charge in [0.25, 0.3) is 0 Å². The average molecular weight is 445 g/mol. The summed E-state index contributed by atoms with van der Waals surface area (Å²) in [5, 5.41) is 0. The van der Waals surface area contributed by atoms with Gasteiger partial charge in [-0.25, -0.2) is 0 Å². The Morgan fingerprint density at radius 1 is 0.522 bits per heavy atom. The summed E-state index contributed by atoms with van der Waals surface area (Å²) < 4.78 is 26.5. The second-order valence-electron chi connectivity index (χ2n) is 8.55. The molecule has 0 bridgehead atoms. The lowest BCUT2D eigenvalue weighted by Crippen LogP contribution is -2.67. The highest BCUT2D eigenvalue weighted by molar-refractivity contribution is 7.31. The van der Waals surface area contributed by atoms with E-state index in [-0.39, 0.29) is 0 Å². The smallest absolute Gasteiger partial charge is 0.399 e. The van der Waals surface area contributed by atoms with Crippen LogP contribution in [0.15, 0.2) is 0 Å². The van der Waals surface area contributed by atoms with Crippen LogP contribution in [0.25, 0.3) is 0 Å². The van der Waals surface area contributed by atoms with E-state index in [0.29, 0.717) is 0 Å². The molecule has 0 aromatic heterocycles. The molecule has 0 N–H and O–H groups in total. The van der Waals surface area contributed by atoms with E-state index in [2.05, 4.69) is 78.6 Å². The predicted molar refractivity (Wildman–Crippen MR) is 121 cm³/mol. The lowest BCUT2D eigenvalue weighted by molar-refractivity contribution is 0.160. The zero-order valence-corrected chi connectivity index (χ0v) is 25.1. The van der Waals surface area contributed by atoms with Gasteiger partial charge < -0.3 is 16.5 Å². The van der Waals surface area contributed by atoms with E-state index in [0.717, 1.165) is 0 Å². The molecule has 0 aliphatic heterocycles. The Labute approximate surface area is 154 Å². The van der Waals surface area contributed by atoms with Crippen LogP contribution in [0.5, 0.6) is 0 Å². The van der Waals surface area contributed by atoms with E-state index in [1.54, 1.807) is 0 Å². The highest BCUT2D eigenvalue weighted by Crippen LogP contribution is 2.27. The summed E-state index contributed by atoms with van der Waals surface area (Å²) in [4.78, 5) is 0. The molecule has 0 heterocycles. The average Bonchev–Trinajstić information content (AvgIpc) is 2.23. The topological polar surface area (TPSA) is 36.9 Å². The van der Waals surface area contributed by atoms with Crippen LogP contribution in [0.4, 0.5) is 0 Å². The normalized spacial score (nSPS) is 14.6. The Balaban J connectivity index is 5.76. The fraction of sp³-hybridized carbons (Fsp3) is 1.00. The van der Waals surface area contributed by atoms with Crippen molar-refractivity contribution in [2.24, 2.45) is 0 Å². The molecule has 0 saturated carbocycles. The van der Waals surface area contributed by atoms with Crippen LogP contribution in [0.1, 0.15) is 0 Å². The Hall–Kier alpha value is 1.36. The van der Waals surface area contributed by atoms with E-state index < -0.39 is 59.4 Å². The first-order valence-corrected chi connectivity index (χ1v) is 30.1. The van der Waals surface area contributed by atoms with E-state index in [9.17, 15) is 0 Å². The van der Waals surface area contributed by atoms with Crippen LogP contribution in [0.2, 0.25) is 78.6 Å². The van der Waals surface area contributed by atoms with Gasteiger partial charge in [0.1, 0.15) is 0 Å². The van der Waals surface area contributed by atoms with Gasteiger partial charge in [-0.2, -0.15) is 0 Å². The third-order valence-corrected chi connectivity index (χ3v) is 41.0. The molecule has 0 amide bonds. The van der Waals surface area contributed by atoms with Crippen molar-refractivity contribution in [2.75, 3.05) is 0 Å². The van der Waals surface area contributed by atoms with Crippen molar-refractivity contribution >= 4 is 59.4 Å². The highest BCUT2D eigenvalue weighted by atomic mass is 29.3. The van der Waals surface area contributed by atoms with Crippen molar-refractivity contribution in [3.05, 3.63) is 0 Å². The van der Waals surface area contributed by atoms with Gasteiger partial charge in [0.15, 0.2) is 33.8 Å². The molecule has 0 saturated heterocycles. The monoisotopic (exact) mass is 444 g/mol. The van der Waals surface area contributed by atoms with Gasteiger partial charge in [0.2, 0.25) is 0 Å². The summed E-state index contributed by atoms with van der Waals surface area (Å²) in [7, 11) is -11.0. The summed E-state index contributed by atoms with van der Waals surface area (Å²) in [6.07, 6.45) is 0. The first-order chi connectivity index (χ1) is 10.1. The van der Waals surface area contributed by atoms with Crippen LogP contribution >= 0.6 is 0 Å². The lowest BCUT2D eigenvalue weighted by Gasteiger charge is -2.43. The SMILES string of the molecule is C[SiH](C)O[Si](O[SiH](C)C)(O[Si](C)(C)[SiH](C)C)O[Si](C)(C)[SiH](C)C. The molecule has 0 radical (unpaired) electrons. The van der Waals surface area contributed by atoms with E-state index in [4.69, 9.17) is 16.5 Å². The summed E-state index contributed by atoms with van der Waals surface area (Å²) in [6, 6.07) is 0. The van der Waals surface area contributed by atoms with E-state index >= 15 is 0 Å². The highest BCUT2D eigenvalue weighted by Gasteiger charge is 2.55. The largest absolute Gasteiger partial charge is 0.636 e. The predicted octanol–water partition coefficient (Wildman–Crippen LogP) is 3.00. The maximum atomic E-state index is 6.79. The number of rotatable bonds is 10. The minimum atomic E-state index is -3.00. The summed E-state index contributed by atoms with van der Waals surface area (Å²) in [6.45, 7) is 27.6. The molecular weight excluding hydrogens is 405 g/mol. The van der Waals surface area contributed by atoms with Gasteiger partial charge in [0.05, 0.1) is 16.6 Å². The quantitative estimate of drug-likeness (QED) is 0.485. The second kappa shape index (κ2) is 9.34. The summed E-state index contributed by atoms with van der Waals surface area (Å²) in [5.74, 6) is 0. The fourth-order valence-electron chi connectivity index (χ4n) is 1.60. The van der Waals surface area contributed by atoms with Gasteiger partial charge in [0, 0.05) is 0 Å². The van der Waals surface area contributed by atoms with Crippen molar-refractivity contribution in [3.63, 3.8) is 0 Å². The molecule has 0 fully saturated rings. The molecule has 0 rings (SSSR count). The molecule has 23 heavy (non-hydrogen) atoms. The maximum Gasteiger partial charge on any atom is 0.636 e. The summed E-state index contributed by atoms with van der Waals surface area (Å²) in [5.41, 5.74) is 0. The zero-order chi connectivity index (χ0) is 18.6. The minimum Gasteiger partial charge on any atom is -0.399 e. The lowest BCUT2D eigenvalue weighted by atomic mass is 11.9. The van der Waals surface area contributed by atoms with Gasteiger partial charge in [-0.3, -0.25) is 0 Å². The Kier molecular flexibility index (Phi) is 9.89. The van der Waals surface area contributed by atoms with E-state index in [1.807, 2.05) is 0 Å². The zero-order valence-electron chi connectivity index (χ0n) is 17.4. The molecule has 140 valence electrons. The molecule has 0 aliphatic carbocycles. The Bertz CT molecular complexity index is 327. The molecular formula is C12H40O4Si7. The van der Waals surface area contributed by atoms with Crippen LogP contribution in [-0.4, -0.2) is 59.4 Å². The first-order valence-electron chi connectivity index (χ1n) is 8.89. The van der Waals surface area contributed by atoms with Crippen LogP contribution in [-0.2, 0) is 16.5 Å². The van der Waals surface area contributed by atoms with Gasteiger partial charge in [-0.1, -0.05) is 26.2 Å². The molecule has 0 aliphatic rings. The minimum absolute atomic E-state index is 0.894. The summed E-state index contributed by atoms with van der Waals surface area (Å²) >= 11 is 0. The van der Waals surface area contributed by atoms with Crippen molar-refractivity contribution in [1.29, 1.82) is 0 Å².